The van der Waals surface area contributed by atoms with E-state index in [2.05, 4.69) is 89.4 Å². The van der Waals surface area contributed by atoms with E-state index in [4.69, 9.17) is 0 Å². The summed E-state index contributed by atoms with van der Waals surface area (Å²) in [7, 11) is 0. The molecule has 0 aliphatic heterocycles. The second-order valence-electron chi connectivity index (χ2n) is 10.2. The van der Waals surface area contributed by atoms with Crippen molar-refractivity contribution in [1.29, 1.82) is 0 Å². The zero-order valence-electron chi connectivity index (χ0n) is 21.1. The first-order valence-corrected chi connectivity index (χ1v) is 12.5. The SMILES string of the molecule is C=C/C(C)=c1\c(=C)c(=C)c2c3c(=C)c(=C)c4c(C=C)ccc5cc6ccc7cc(C=C)c1c2c7c6c3c54. The molecule has 7 aromatic rings. The van der Waals surface area contributed by atoms with E-state index >= 15 is 0 Å². The second-order valence-corrected chi connectivity index (χ2v) is 10.2. The van der Waals surface area contributed by atoms with Crippen molar-refractivity contribution in [3.63, 3.8) is 0 Å². The summed E-state index contributed by atoms with van der Waals surface area (Å²) in [6.07, 6.45) is 5.78. The minimum absolute atomic E-state index is 0.918. The van der Waals surface area contributed by atoms with Gasteiger partial charge in [0.2, 0.25) is 0 Å². The standard InChI is InChI=1S/C37H26/c1-9-18(4)28-19(5)21(7)30-31-22(8)20(6)29-23(10-2)12-13-26-17-27-15-14-25-16-24(11-3)32(28)36(30)34(25)35(27)37(31)33(26)29/h9-17H,1-3,5-8H2,4H3/b28-18+. The van der Waals surface area contributed by atoms with Crippen LogP contribution < -0.4 is 26.1 Å². The predicted molar refractivity (Wildman–Crippen MR) is 169 cm³/mol. The highest BCUT2D eigenvalue weighted by molar-refractivity contribution is 6.43. The van der Waals surface area contributed by atoms with Crippen molar-refractivity contribution in [1.82, 2.24) is 0 Å². The molecule has 0 aliphatic carbocycles. The molecule has 0 heterocycles. The molecule has 7 rings (SSSR count). The van der Waals surface area contributed by atoms with Crippen LogP contribution in [0.5, 0.6) is 0 Å². The van der Waals surface area contributed by atoms with E-state index in [1.54, 1.807) is 0 Å². The summed E-state index contributed by atoms with van der Waals surface area (Å²) in [4.78, 5) is 0. The molecule has 0 radical (unpaired) electrons. The lowest BCUT2D eigenvalue weighted by atomic mass is 9.80. The van der Waals surface area contributed by atoms with Gasteiger partial charge in [-0.1, -0.05) is 88.5 Å². The van der Waals surface area contributed by atoms with E-state index in [0.29, 0.717) is 0 Å². The van der Waals surface area contributed by atoms with Gasteiger partial charge < -0.3 is 0 Å². The maximum absolute atomic E-state index is 4.62. The predicted octanol–water partition coefficient (Wildman–Crippen LogP) is 6.48. The molecule has 0 saturated carbocycles. The third-order valence-corrected chi connectivity index (χ3v) is 8.53. The minimum atomic E-state index is 0.918. The van der Waals surface area contributed by atoms with Crippen molar-refractivity contribution in [3.05, 3.63) is 99.4 Å². The van der Waals surface area contributed by atoms with Crippen molar-refractivity contribution < 1.29 is 0 Å². The summed E-state index contributed by atoms with van der Waals surface area (Å²) in [5.74, 6) is 0. The third kappa shape index (κ3) is 2.34. The lowest BCUT2D eigenvalue weighted by molar-refractivity contribution is 1.52. The van der Waals surface area contributed by atoms with Gasteiger partial charge in [0.05, 0.1) is 0 Å². The monoisotopic (exact) mass is 470 g/mol. The summed E-state index contributed by atoms with van der Waals surface area (Å²) in [6.45, 7) is 32.8. The van der Waals surface area contributed by atoms with Crippen molar-refractivity contribution in [2.24, 2.45) is 0 Å². The van der Waals surface area contributed by atoms with Gasteiger partial charge >= 0.3 is 0 Å². The van der Waals surface area contributed by atoms with Gasteiger partial charge in [0.25, 0.3) is 0 Å². The average molecular weight is 471 g/mol. The van der Waals surface area contributed by atoms with E-state index in [9.17, 15) is 0 Å². The quantitative estimate of drug-likeness (QED) is 0.205. The van der Waals surface area contributed by atoms with Gasteiger partial charge in [0.15, 0.2) is 0 Å². The molecule has 174 valence electrons. The fourth-order valence-electron chi connectivity index (χ4n) is 6.81. The Hall–Kier alpha value is -4.68. The normalized spacial score (nSPS) is 13.1. The summed E-state index contributed by atoms with van der Waals surface area (Å²) in [6, 6.07) is 13.4. The first-order valence-electron chi connectivity index (χ1n) is 12.5. The number of allylic oxidation sites excluding steroid dienone is 1. The number of hydrogen-bond acceptors (Lipinski definition) is 0. The average Bonchev–Trinajstić information content (AvgIpc) is 2.92. The van der Waals surface area contributed by atoms with Gasteiger partial charge in [0, 0.05) is 0 Å². The smallest absolute Gasteiger partial charge is 0.000138 e. The van der Waals surface area contributed by atoms with Crippen LogP contribution in [0.15, 0.2) is 62.2 Å². The van der Waals surface area contributed by atoms with Crippen LogP contribution in [0.2, 0.25) is 0 Å². The fourth-order valence-corrected chi connectivity index (χ4v) is 6.81. The molecule has 0 unspecified atom stereocenters. The molecule has 0 amide bonds. The van der Waals surface area contributed by atoms with Gasteiger partial charge in [-0.25, -0.2) is 0 Å². The zero-order valence-corrected chi connectivity index (χ0v) is 21.1. The molecule has 0 nitrogen and oxygen atoms in total. The van der Waals surface area contributed by atoms with Crippen LogP contribution in [-0.4, -0.2) is 0 Å². The summed E-state index contributed by atoms with van der Waals surface area (Å²) < 4.78 is 0. The van der Waals surface area contributed by atoms with Crippen molar-refractivity contribution >= 4 is 109 Å². The molecule has 0 fully saturated rings. The number of hydrogen-bond donors (Lipinski definition) is 0. The summed E-state index contributed by atoms with van der Waals surface area (Å²) in [5, 5.41) is 19.1. The molecular weight excluding hydrogens is 444 g/mol. The summed E-state index contributed by atoms with van der Waals surface area (Å²) >= 11 is 0. The van der Waals surface area contributed by atoms with Gasteiger partial charge in [-0.15, -0.1) is 0 Å². The maximum Gasteiger partial charge on any atom is -0.000138 e. The minimum Gasteiger partial charge on any atom is -0.0988 e. The maximum atomic E-state index is 4.62. The van der Waals surface area contributed by atoms with Crippen LogP contribution in [0.3, 0.4) is 0 Å². The Kier molecular flexibility index (Phi) is 4.06. The van der Waals surface area contributed by atoms with E-state index in [1.165, 1.54) is 43.1 Å². The van der Waals surface area contributed by atoms with Crippen LogP contribution in [-0.2, 0) is 0 Å². The molecule has 0 N–H and O–H groups in total. The topological polar surface area (TPSA) is 0 Å². The van der Waals surface area contributed by atoms with Gasteiger partial charge in [-0.3, -0.25) is 0 Å². The van der Waals surface area contributed by atoms with Crippen LogP contribution in [0.25, 0.3) is 109 Å². The molecule has 0 aromatic heterocycles. The summed E-state index contributed by atoms with van der Waals surface area (Å²) in [5.41, 5.74) is 3.25. The Morgan fingerprint density at radius 2 is 1.00 bits per heavy atom. The molecular formula is C37H26. The van der Waals surface area contributed by atoms with Gasteiger partial charge in [-0.05, 0) is 126 Å². The highest BCUT2D eigenvalue weighted by atomic mass is 14.3. The Labute approximate surface area is 214 Å². The van der Waals surface area contributed by atoms with E-state index < -0.39 is 0 Å². The van der Waals surface area contributed by atoms with E-state index in [-0.39, 0.29) is 0 Å². The Bertz CT molecular complexity index is 2470. The number of rotatable bonds is 3. The van der Waals surface area contributed by atoms with Crippen molar-refractivity contribution in [2.45, 2.75) is 6.92 Å². The lowest BCUT2D eigenvalue weighted by Crippen LogP contribution is -2.40. The largest absolute Gasteiger partial charge is 0.0988 e. The highest BCUT2D eigenvalue weighted by Gasteiger charge is 2.23. The lowest BCUT2D eigenvalue weighted by Gasteiger charge is -2.23. The van der Waals surface area contributed by atoms with Crippen LogP contribution in [0.1, 0.15) is 18.1 Å². The second kappa shape index (κ2) is 6.96. The highest BCUT2D eigenvalue weighted by Crippen LogP contribution is 2.45. The molecule has 0 aliphatic rings. The molecule has 0 spiro atoms. The molecule has 0 saturated heterocycles. The van der Waals surface area contributed by atoms with Crippen LogP contribution >= 0.6 is 0 Å². The van der Waals surface area contributed by atoms with E-state index in [0.717, 1.165) is 64.3 Å². The molecule has 7 aromatic carbocycles. The van der Waals surface area contributed by atoms with Gasteiger partial charge in [0.1, 0.15) is 0 Å². The van der Waals surface area contributed by atoms with Crippen LogP contribution in [0.4, 0.5) is 0 Å². The number of fused-ring (bicyclic) bond motifs is 1. The Morgan fingerprint density at radius 1 is 0.514 bits per heavy atom. The zero-order chi connectivity index (χ0) is 25.9. The van der Waals surface area contributed by atoms with Gasteiger partial charge in [-0.2, -0.15) is 0 Å². The van der Waals surface area contributed by atoms with E-state index in [1.807, 2.05) is 18.2 Å². The Balaban J connectivity index is 2.08. The fraction of sp³-hybridized carbons (Fsp3) is 0.0270. The van der Waals surface area contributed by atoms with Crippen molar-refractivity contribution in [2.75, 3.05) is 0 Å². The third-order valence-electron chi connectivity index (χ3n) is 8.53. The molecule has 0 heteroatoms. The molecule has 37 heavy (non-hydrogen) atoms. The number of benzene rings is 7. The first kappa shape index (κ1) is 21.6. The molecule has 0 atom stereocenters. The van der Waals surface area contributed by atoms with Crippen LogP contribution in [0, 0.1) is 0 Å². The molecule has 0 bridgehead atoms. The first-order chi connectivity index (χ1) is 17.8. The Morgan fingerprint density at radius 3 is 1.59 bits per heavy atom. The van der Waals surface area contributed by atoms with Crippen molar-refractivity contribution in [3.8, 4) is 0 Å².